The molecule has 1 saturated heterocycles. The van der Waals surface area contributed by atoms with Gasteiger partial charge < -0.3 is 4.90 Å². The Morgan fingerprint density at radius 2 is 1.60 bits per heavy atom. The van der Waals surface area contributed by atoms with Crippen LogP contribution < -0.4 is 4.90 Å². The van der Waals surface area contributed by atoms with Crippen molar-refractivity contribution in [3.8, 4) is 0 Å². The molecule has 2 aromatic rings. The molecule has 0 spiro atoms. The summed E-state index contributed by atoms with van der Waals surface area (Å²) >= 11 is 0. The van der Waals surface area contributed by atoms with E-state index < -0.39 is 23.5 Å². The number of pyridine rings is 1. The van der Waals surface area contributed by atoms with Crippen molar-refractivity contribution >= 4 is 5.82 Å². The number of hydrogen-bond donors (Lipinski definition) is 0. The molecule has 0 saturated carbocycles. The van der Waals surface area contributed by atoms with Gasteiger partial charge in [-0.3, -0.25) is 9.88 Å². The Bertz CT molecular complexity index is 723. The van der Waals surface area contributed by atoms with E-state index in [1.165, 1.54) is 0 Å². The van der Waals surface area contributed by atoms with E-state index in [-0.39, 0.29) is 17.9 Å². The molecule has 0 unspecified atom stereocenters. The molecule has 0 aromatic carbocycles. The average molecular weight is 359 g/mol. The van der Waals surface area contributed by atoms with Crippen molar-refractivity contribution in [2.75, 3.05) is 31.1 Å². The highest BCUT2D eigenvalue weighted by molar-refractivity contribution is 5.40. The minimum Gasteiger partial charge on any atom is -0.354 e. The summed E-state index contributed by atoms with van der Waals surface area (Å²) < 4.78 is 65.4. The highest BCUT2D eigenvalue weighted by atomic mass is 19.4. The number of hydrogen-bond acceptors (Lipinski definition) is 5. The maximum atomic E-state index is 13.6. The van der Waals surface area contributed by atoms with Gasteiger partial charge in [-0.15, -0.1) is 0 Å². The molecular formula is C15H14F5N5. The van der Waals surface area contributed by atoms with Gasteiger partial charge >= 0.3 is 6.18 Å². The van der Waals surface area contributed by atoms with E-state index in [4.69, 9.17) is 0 Å². The second-order valence-electron chi connectivity index (χ2n) is 5.60. The molecule has 2 aromatic heterocycles. The number of halogens is 5. The number of alkyl halides is 3. The van der Waals surface area contributed by atoms with Gasteiger partial charge in [0.1, 0.15) is 29.5 Å². The molecule has 134 valence electrons. The average Bonchev–Trinajstić information content (AvgIpc) is 2.58. The molecule has 25 heavy (non-hydrogen) atoms. The summed E-state index contributed by atoms with van der Waals surface area (Å²) in [6.07, 6.45) is -1.75. The summed E-state index contributed by atoms with van der Waals surface area (Å²) in [5, 5.41) is 0. The molecule has 5 nitrogen and oxygen atoms in total. The molecule has 0 radical (unpaired) electrons. The van der Waals surface area contributed by atoms with Crippen molar-refractivity contribution < 1.29 is 22.0 Å². The SMILES string of the molecule is Fc1cncc(F)c1CN1CCN(c2cc(C(F)(F)F)ncn2)CC1. The summed E-state index contributed by atoms with van der Waals surface area (Å²) in [6, 6.07) is 0.901. The topological polar surface area (TPSA) is 45.2 Å². The molecular weight excluding hydrogens is 345 g/mol. The van der Waals surface area contributed by atoms with Crippen LogP contribution in [0.3, 0.4) is 0 Å². The van der Waals surface area contributed by atoms with Crippen LogP contribution in [0.1, 0.15) is 11.3 Å². The monoisotopic (exact) mass is 359 g/mol. The Kier molecular flexibility index (Phi) is 4.80. The van der Waals surface area contributed by atoms with Crippen LogP contribution in [0, 0.1) is 11.6 Å². The first-order valence-electron chi connectivity index (χ1n) is 7.49. The van der Waals surface area contributed by atoms with Crippen molar-refractivity contribution in [2.24, 2.45) is 0 Å². The fraction of sp³-hybridized carbons (Fsp3) is 0.400. The molecule has 0 bridgehead atoms. The molecule has 0 N–H and O–H groups in total. The fourth-order valence-corrected chi connectivity index (χ4v) is 2.62. The molecule has 3 heterocycles. The predicted octanol–water partition coefficient (Wildman–Crippen LogP) is 2.49. The number of piperazine rings is 1. The van der Waals surface area contributed by atoms with E-state index in [1.807, 2.05) is 4.90 Å². The Balaban J connectivity index is 1.64. The lowest BCUT2D eigenvalue weighted by Crippen LogP contribution is -2.46. The maximum absolute atomic E-state index is 13.6. The highest BCUT2D eigenvalue weighted by Gasteiger charge is 2.33. The quantitative estimate of drug-likeness (QED) is 0.788. The predicted molar refractivity (Wildman–Crippen MR) is 78.7 cm³/mol. The number of nitrogens with zero attached hydrogens (tertiary/aromatic N) is 5. The third-order valence-electron chi connectivity index (χ3n) is 3.97. The Hall–Kier alpha value is -2.36. The molecule has 0 atom stereocenters. The van der Waals surface area contributed by atoms with E-state index in [0.29, 0.717) is 26.2 Å². The number of rotatable bonds is 3. The lowest BCUT2D eigenvalue weighted by Gasteiger charge is -2.35. The zero-order valence-corrected chi connectivity index (χ0v) is 13.0. The van der Waals surface area contributed by atoms with Gasteiger partial charge in [-0.05, 0) is 0 Å². The molecule has 10 heteroatoms. The van der Waals surface area contributed by atoms with Gasteiger partial charge in [-0.25, -0.2) is 18.7 Å². The molecule has 0 aliphatic carbocycles. The first-order chi connectivity index (χ1) is 11.8. The van der Waals surface area contributed by atoms with Gasteiger partial charge in [0.15, 0.2) is 0 Å². The first-order valence-corrected chi connectivity index (χ1v) is 7.49. The highest BCUT2D eigenvalue weighted by Crippen LogP contribution is 2.29. The molecule has 1 aliphatic rings. The van der Waals surface area contributed by atoms with Crippen LogP contribution in [-0.2, 0) is 12.7 Å². The maximum Gasteiger partial charge on any atom is 0.433 e. The minimum atomic E-state index is -4.53. The normalized spacial score (nSPS) is 16.3. The van der Waals surface area contributed by atoms with E-state index in [1.54, 1.807) is 4.90 Å². The zero-order chi connectivity index (χ0) is 18.0. The second kappa shape index (κ2) is 6.87. The molecule has 0 amide bonds. The van der Waals surface area contributed by atoms with Gasteiger partial charge in [0.25, 0.3) is 0 Å². The summed E-state index contributed by atoms with van der Waals surface area (Å²) in [7, 11) is 0. The Morgan fingerprint density at radius 1 is 0.960 bits per heavy atom. The fourth-order valence-electron chi connectivity index (χ4n) is 2.62. The summed E-state index contributed by atoms with van der Waals surface area (Å²) in [6.45, 7) is 1.73. The Labute approximate surface area is 140 Å². The van der Waals surface area contributed by atoms with Gasteiger partial charge in [0.2, 0.25) is 0 Å². The van der Waals surface area contributed by atoms with Crippen LogP contribution in [0.4, 0.5) is 27.8 Å². The Morgan fingerprint density at radius 3 is 2.20 bits per heavy atom. The van der Waals surface area contributed by atoms with E-state index in [2.05, 4.69) is 15.0 Å². The van der Waals surface area contributed by atoms with Gasteiger partial charge in [0.05, 0.1) is 12.4 Å². The summed E-state index contributed by atoms with van der Waals surface area (Å²) in [4.78, 5) is 14.1. The first kappa shape index (κ1) is 17.5. The van der Waals surface area contributed by atoms with Crippen LogP contribution >= 0.6 is 0 Å². The van der Waals surface area contributed by atoms with Crippen LogP contribution in [0.2, 0.25) is 0 Å². The largest absolute Gasteiger partial charge is 0.433 e. The van der Waals surface area contributed by atoms with Crippen molar-refractivity contribution in [3.05, 3.63) is 47.7 Å². The smallest absolute Gasteiger partial charge is 0.354 e. The van der Waals surface area contributed by atoms with Crippen LogP contribution in [-0.4, -0.2) is 46.0 Å². The van der Waals surface area contributed by atoms with E-state index >= 15 is 0 Å². The standard InChI is InChI=1S/C15H14F5N5/c16-11-6-21-7-12(17)10(11)8-24-1-3-25(4-2-24)14-5-13(15(18,19)20)22-9-23-14/h5-7,9H,1-4,8H2. The molecule has 3 rings (SSSR count). The van der Waals surface area contributed by atoms with Crippen LogP contribution in [0.15, 0.2) is 24.8 Å². The van der Waals surface area contributed by atoms with Crippen molar-refractivity contribution in [3.63, 3.8) is 0 Å². The number of anilines is 1. The lowest BCUT2D eigenvalue weighted by atomic mass is 10.2. The van der Waals surface area contributed by atoms with Crippen LogP contribution in [0.5, 0.6) is 0 Å². The third kappa shape index (κ3) is 4.01. The van der Waals surface area contributed by atoms with Crippen molar-refractivity contribution in [2.45, 2.75) is 12.7 Å². The second-order valence-corrected chi connectivity index (χ2v) is 5.60. The third-order valence-corrected chi connectivity index (χ3v) is 3.97. The summed E-state index contributed by atoms with van der Waals surface area (Å²) in [5.74, 6) is -1.25. The number of aromatic nitrogens is 3. The lowest BCUT2D eigenvalue weighted by molar-refractivity contribution is -0.141. The summed E-state index contributed by atoms with van der Waals surface area (Å²) in [5.41, 5.74) is -1.06. The minimum absolute atomic E-state index is 0.0650. The zero-order valence-electron chi connectivity index (χ0n) is 13.0. The van der Waals surface area contributed by atoms with Gasteiger partial charge in [0, 0.05) is 44.4 Å². The van der Waals surface area contributed by atoms with Crippen molar-refractivity contribution in [1.29, 1.82) is 0 Å². The van der Waals surface area contributed by atoms with E-state index in [9.17, 15) is 22.0 Å². The van der Waals surface area contributed by atoms with Gasteiger partial charge in [-0.2, -0.15) is 13.2 Å². The van der Waals surface area contributed by atoms with E-state index in [0.717, 1.165) is 24.8 Å². The molecule has 1 aliphatic heterocycles. The van der Waals surface area contributed by atoms with Gasteiger partial charge in [-0.1, -0.05) is 0 Å². The van der Waals surface area contributed by atoms with Crippen LogP contribution in [0.25, 0.3) is 0 Å². The van der Waals surface area contributed by atoms with Crippen molar-refractivity contribution in [1.82, 2.24) is 19.9 Å². The molecule has 1 fully saturated rings.